The molecule has 0 spiro atoms. The summed E-state index contributed by atoms with van der Waals surface area (Å²) in [5, 5.41) is 2.94. The van der Waals surface area contributed by atoms with Crippen molar-refractivity contribution in [2.24, 2.45) is 5.92 Å². The third kappa shape index (κ3) is 2.98. The highest BCUT2D eigenvalue weighted by molar-refractivity contribution is 9.10. The maximum absolute atomic E-state index is 11.9. The summed E-state index contributed by atoms with van der Waals surface area (Å²) in [6.07, 6.45) is 0. The van der Waals surface area contributed by atoms with Crippen molar-refractivity contribution in [3.05, 3.63) is 28.2 Å². The van der Waals surface area contributed by atoms with Crippen LogP contribution in [0.2, 0.25) is 0 Å². The van der Waals surface area contributed by atoms with E-state index in [1.165, 1.54) is 0 Å². The molecule has 1 atom stereocenters. The minimum absolute atomic E-state index is 0.0969. The van der Waals surface area contributed by atoms with Gasteiger partial charge in [-0.2, -0.15) is 0 Å². The molecule has 3 N–H and O–H groups in total. The first-order valence-corrected chi connectivity index (χ1v) is 6.07. The molecule has 0 aliphatic rings. The summed E-state index contributed by atoms with van der Waals surface area (Å²) in [6.45, 7) is 6.13. The van der Waals surface area contributed by atoms with E-state index in [0.29, 0.717) is 21.6 Å². The Morgan fingerprint density at radius 2 is 2.00 bits per heavy atom. The number of carbonyl (C=O) groups is 1. The van der Waals surface area contributed by atoms with E-state index < -0.39 is 0 Å². The molecule has 1 rings (SSSR count). The van der Waals surface area contributed by atoms with Crippen LogP contribution in [0.4, 0.5) is 5.69 Å². The first kappa shape index (κ1) is 13.0. The van der Waals surface area contributed by atoms with Gasteiger partial charge in [-0.05, 0) is 40.9 Å². The highest BCUT2D eigenvalue weighted by atomic mass is 79.9. The van der Waals surface area contributed by atoms with Gasteiger partial charge in [0.15, 0.2) is 0 Å². The Morgan fingerprint density at radius 1 is 1.38 bits per heavy atom. The molecule has 3 nitrogen and oxygen atoms in total. The van der Waals surface area contributed by atoms with Crippen molar-refractivity contribution < 1.29 is 4.79 Å². The molecule has 0 saturated carbocycles. The van der Waals surface area contributed by atoms with Gasteiger partial charge >= 0.3 is 0 Å². The van der Waals surface area contributed by atoms with E-state index >= 15 is 0 Å². The van der Waals surface area contributed by atoms with Gasteiger partial charge in [0, 0.05) is 11.7 Å². The lowest BCUT2D eigenvalue weighted by molar-refractivity contribution is 0.0930. The highest BCUT2D eigenvalue weighted by Crippen LogP contribution is 2.23. The molecule has 0 heterocycles. The van der Waals surface area contributed by atoms with Crippen molar-refractivity contribution in [3.8, 4) is 0 Å². The van der Waals surface area contributed by atoms with Crippen LogP contribution >= 0.6 is 15.9 Å². The van der Waals surface area contributed by atoms with E-state index in [9.17, 15) is 4.79 Å². The first-order chi connectivity index (χ1) is 7.43. The number of benzene rings is 1. The number of hydrogen-bond acceptors (Lipinski definition) is 2. The fourth-order valence-electron chi connectivity index (χ4n) is 1.18. The van der Waals surface area contributed by atoms with Crippen LogP contribution in [0.5, 0.6) is 0 Å². The van der Waals surface area contributed by atoms with E-state index in [-0.39, 0.29) is 11.9 Å². The largest absolute Gasteiger partial charge is 0.398 e. The molecule has 16 heavy (non-hydrogen) atoms. The SMILES string of the molecule is CC(C)C(C)NC(=O)c1cccc(N)c1Br. The minimum atomic E-state index is -0.0969. The molecule has 1 unspecified atom stereocenters. The number of hydrogen-bond donors (Lipinski definition) is 2. The second-order valence-corrected chi connectivity index (χ2v) is 5.01. The lowest BCUT2D eigenvalue weighted by Gasteiger charge is -2.18. The maximum atomic E-state index is 11.9. The normalized spacial score (nSPS) is 12.6. The van der Waals surface area contributed by atoms with Gasteiger partial charge in [-0.15, -0.1) is 0 Å². The molecule has 1 amide bonds. The molecule has 0 aliphatic heterocycles. The van der Waals surface area contributed by atoms with E-state index in [0.717, 1.165) is 0 Å². The molecule has 0 saturated heterocycles. The molecule has 0 aromatic heterocycles. The van der Waals surface area contributed by atoms with Gasteiger partial charge in [0.25, 0.3) is 5.91 Å². The van der Waals surface area contributed by atoms with E-state index in [4.69, 9.17) is 5.73 Å². The lowest BCUT2D eigenvalue weighted by Crippen LogP contribution is -2.36. The first-order valence-electron chi connectivity index (χ1n) is 5.28. The molecule has 1 aromatic carbocycles. The Labute approximate surface area is 105 Å². The van der Waals surface area contributed by atoms with Crippen molar-refractivity contribution in [1.82, 2.24) is 5.32 Å². The van der Waals surface area contributed by atoms with Gasteiger partial charge in [-0.1, -0.05) is 19.9 Å². The van der Waals surface area contributed by atoms with Gasteiger partial charge in [0.05, 0.1) is 10.0 Å². The molecule has 0 aliphatic carbocycles. The van der Waals surface area contributed by atoms with Crippen LogP contribution < -0.4 is 11.1 Å². The molecule has 0 radical (unpaired) electrons. The van der Waals surface area contributed by atoms with E-state index in [2.05, 4.69) is 35.1 Å². The molecule has 88 valence electrons. The van der Waals surface area contributed by atoms with Gasteiger partial charge in [-0.25, -0.2) is 0 Å². The topological polar surface area (TPSA) is 55.1 Å². The fraction of sp³-hybridized carbons (Fsp3) is 0.417. The maximum Gasteiger partial charge on any atom is 0.252 e. The lowest BCUT2D eigenvalue weighted by atomic mass is 10.1. The van der Waals surface area contributed by atoms with Gasteiger partial charge in [-0.3, -0.25) is 4.79 Å². The van der Waals surface area contributed by atoms with E-state index in [1.54, 1.807) is 18.2 Å². The minimum Gasteiger partial charge on any atom is -0.398 e. The highest BCUT2D eigenvalue weighted by Gasteiger charge is 2.15. The van der Waals surface area contributed by atoms with Crippen LogP contribution in [0.3, 0.4) is 0 Å². The van der Waals surface area contributed by atoms with Crippen LogP contribution in [-0.4, -0.2) is 11.9 Å². The van der Waals surface area contributed by atoms with Crippen LogP contribution in [0, 0.1) is 5.92 Å². The number of nitrogens with two attached hydrogens (primary N) is 1. The van der Waals surface area contributed by atoms with Crippen molar-refractivity contribution >= 4 is 27.5 Å². The Morgan fingerprint density at radius 3 is 2.56 bits per heavy atom. The Hall–Kier alpha value is -1.03. The standard InChI is InChI=1S/C12H17BrN2O/c1-7(2)8(3)15-12(16)9-5-4-6-10(14)11(9)13/h4-8H,14H2,1-3H3,(H,15,16). The van der Waals surface area contributed by atoms with Gasteiger partial charge in [0.1, 0.15) is 0 Å². The molecular formula is C12H17BrN2O. The average Bonchev–Trinajstić information content (AvgIpc) is 2.21. The zero-order chi connectivity index (χ0) is 12.3. The molecule has 1 aromatic rings. The average molecular weight is 285 g/mol. The van der Waals surface area contributed by atoms with Crippen LogP contribution in [0.1, 0.15) is 31.1 Å². The third-order valence-corrected chi connectivity index (χ3v) is 3.52. The molecule has 0 bridgehead atoms. The van der Waals surface area contributed by atoms with Crippen molar-refractivity contribution in [2.45, 2.75) is 26.8 Å². The number of amides is 1. The smallest absolute Gasteiger partial charge is 0.252 e. The Kier molecular flexibility index (Phi) is 4.35. The fourth-order valence-corrected chi connectivity index (χ4v) is 1.62. The Balaban J connectivity index is 2.85. The van der Waals surface area contributed by atoms with Crippen molar-refractivity contribution in [1.29, 1.82) is 0 Å². The number of nitrogens with one attached hydrogen (secondary N) is 1. The molecule has 0 fully saturated rings. The number of anilines is 1. The summed E-state index contributed by atoms with van der Waals surface area (Å²) < 4.78 is 0.656. The molecular weight excluding hydrogens is 268 g/mol. The molecule has 4 heteroatoms. The zero-order valence-corrected chi connectivity index (χ0v) is 11.3. The van der Waals surface area contributed by atoms with Gasteiger partial charge in [0.2, 0.25) is 0 Å². The predicted octanol–water partition coefficient (Wildman–Crippen LogP) is 2.81. The number of carbonyl (C=O) groups excluding carboxylic acids is 1. The summed E-state index contributed by atoms with van der Waals surface area (Å²) in [5.41, 5.74) is 6.87. The summed E-state index contributed by atoms with van der Waals surface area (Å²) in [7, 11) is 0. The summed E-state index contributed by atoms with van der Waals surface area (Å²) >= 11 is 3.32. The predicted molar refractivity (Wildman–Crippen MR) is 70.3 cm³/mol. The summed E-state index contributed by atoms with van der Waals surface area (Å²) in [6, 6.07) is 5.42. The van der Waals surface area contributed by atoms with Gasteiger partial charge < -0.3 is 11.1 Å². The Bertz CT molecular complexity index is 391. The third-order valence-electron chi connectivity index (χ3n) is 2.63. The van der Waals surface area contributed by atoms with Crippen LogP contribution in [0.15, 0.2) is 22.7 Å². The number of rotatable bonds is 3. The second kappa shape index (κ2) is 5.34. The summed E-state index contributed by atoms with van der Waals surface area (Å²) in [5.74, 6) is 0.309. The van der Waals surface area contributed by atoms with Crippen LogP contribution in [-0.2, 0) is 0 Å². The summed E-state index contributed by atoms with van der Waals surface area (Å²) in [4.78, 5) is 11.9. The number of nitrogen functional groups attached to an aromatic ring is 1. The monoisotopic (exact) mass is 284 g/mol. The second-order valence-electron chi connectivity index (χ2n) is 4.21. The number of halogens is 1. The van der Waals surface area contributed by atoms with Crippen molar-refractivity contribution in [3.63, 3.8) is 0 Å². The van der Waals surface area contributed by atoms with E-state index in [1.807, 2.05) is 6.92 Å². The zero-order valence-electron chi connectivity index (χ0n) is 9.75. The quantitative estimate of drug-likeness (QED) is 0.839. The van der Waals surface area contributed by atoms with Crippen molar-refractivity contribution in [2.75, 3.05) is 5.73 Å². The van der Waals surface area contributed by atoms with Crippen LogP contribution in [0.25, 0.3) is 0 Å².